The van der Waals surface area contributed by atoms with Gasteiger partial charge in [0.25, 0.3) is 5.56 Å². The number of aryl methyl sites for hydroxylation is 1. The number of nitrogens with one attached hydrogen (secondary N) is 1. The van der Waals surface area contributed by atoms with Crippen molar-refractivity contribution in [3.8, 4) is 6.07 Å². The van der Waals surface area contributed by atoms with Gasteiger partial charge in [-0.1, -0.05) is 30.3 Å². The van der Waals surface area contributed by atoms with Crippen molar-refractivity contribution in [2.24, 2.45) is 4.99 Å². The summed E-state index contributed by atoms with van der Waals surface area (Å²) in [6.45, 7) is 6.20. The molecule has 1 amide bonds. The Bertz CT molecular complexity index is 1070. The van der Waals surface area contributed by atoms with Gasteiger partial charge in [-0.3, -0.25) is 14.5 Å². The molecular weight excluding hydrogens is 408 g/mol. The van der Waals surface area contributed by atoms with E-state index in [0.717, 1.165) is 11.3 Å². The fourth-order valence-electron chi connectivity index (χ4n) is 3.32. The average Bonchev–Trinajstić information content (AvgIpc) is 3.03. The molecule has 1 aromatic heterocycles. The van der Waals surface area contributed by atoms with Crippen molar-refractivity contribution >= 4 is 40.1 Å². The molecule has 1 saturated heterocycles. The molecule has 0 radical (unpaired) electrons. The maximum absolute atomic E-state index is 12.9. The van der Waals surface area contributed by atoms with Gasteiger partial charge in [0.2, 0.25) is 5.91 Å². The first-order valence-electron chi connectivity index (χ1n) is 9.24. The molecule has 0 saturated carbocycles. The number of amidine groups is 1. The fourth-order valence-corrected chi connectivity index (χ4v) is 4.50. The normalized spacial score (nSPS) is 17.6. The van der Waals surface area contributed by atoms with Crippen LogP contribution in [0.25, 0.3) is 0 Å². The van der Waals surface area contributed by atoms with Crippen LogP contribution >= 0.6 is 23.4 Å². The second kappa shape index (κ2) is 8.85. The molecule has 8 heteroatoms. The topological polar surface area (TPSA) is 89.3 Å². The quantitative estimate of drug-likeness (QED) is 0.793. The van der Waals surface area contributed by atoms with Crippen molar-refractivity contribution in [1.82, 2.24) is 9.88 Å². The number of thioether (sulfide) groups is 1. The van der Waals surface area contributed by atoms with E-state index in [-0.39, 0.29) is 28.7 Å². The Morgan fingerprint density at radius 1 is 1.38 bits per heavy atom. The molecule has 1 aromatic carbocycles. The van der Waals surface area contributed by atoms with Gasteiger partial charge in [0.1, 0.15) is 11.6 Å². The smallest absolute Gasteiger partial charge is 0.266 e. The number of pyridine rings is 1. The number of aromatic amines is 1. The van der Waals surface area contributed by atoms with Crippen LogP contribution in [-0.2, 0) is 11.2 Å². The van der Waals surface area contributed by atoms with E-state index in [1.54, 1.807) is 42.6 Å². The summed E-state index contributed by atoms with van der Waals surface area (Å²) in [5.74, 6) is -0.0296. The van der Waals surface area contributed by atoms with Crippen LogP contribution in [0.2, 0.25) is 5.02 Å². The number of aromatic nitrogens is 1. The van der Waals surface area contributed by atoms with Crippen LogP contribution in [-0.4, -0.2) is 32.8 Å². The van der Waals surface area contributed by atoms with Crippen molar-refractivity contribution in [2.45, 2.75) is 38.9 Å². The highest BCUT2D eigenvalue weighted by Gasteiger charge is 2.30. The zero-order valence-electron chi connectivity index (χ0n) is 16.5. The molecule has 6 nitrogen and oxygen atoms in total. The third-order valence-electron chi connectivity index (χ3n) is 4.84. The van der Waals surface area contributed by atoms with Gasteiger partial charge in [0.15, 0.2) is 5.17 Å². The molecule has 1 fully saturated rings. The number of carbonyl (C=O) groups excluding carboxylic acids is 1. The molecule has 3 rings (SSSR count). The van der Waals surface area contributed by atoms with Gasteiger partial charge in [0.05, 0.1) is 5.69 Å². The maximum Gasteiger partial charge on any atom is 0.266 e. The minimum absolute atomic E-state index is 0.0296. The van der Waals surface area contributed by atoms with Crippen molar-refractivity contribution in [2.75, 3.05) is 6.54 Å². The molecule has 1 aliphatic heterocycles. The second-order valence-electron chi connectivity index (χ2n) is 6.97. The number of benzene rings is 1. The summed E-state index contributed by atoms with van der Waals surface area (Å²) in [6, 6.07) is 9.12. The number of halogens is 1. The Morgan fingerprint density at radius 2 is 2.07 bits per heavy atom. The molecule has 150 valence electrons. The molecule has 0 spiro atoms. The number of nitrogens with zero attached hydrogens (tertiary/aromatic N) is 3. The van der Waals surface area contributed by atoms with Gasteiger partial charge in [0, 0.05) is 28.9 Å². The lowest BCUT2D eigenvalue weighted by Gasteiger charge is -2.17. The third-order valence-corrected chi connectivity index (χ3v) is 6.16. The van der Waals surface area contributed by atoms with Gasteiger partial charge < -0.3 is 4.98 Å². The van der Waals surface area contributed by atoms with Crippen molar-refractivity contribution in [3.05, 3.63) is 62.0 Å². The van der Waals surface area contributed by atoms with E-state index in [2.05, 4.69) is 16.9 Å². The Balaban J connectivity index is 1.79. The van der Waals surface area contributed by atoms with Gasteiger partial charge >= 0.3 is 0 Å². The highest BCUT2D eigenvalue weighted by atomic mass is 35.5. The van der Waals surface area contributed by atoms with Crippen molar-refractivity contribution in [3.63, 3.8) is 0 Å². The lowest BCUT2D eigenvalue weighted by molar-refractivity contribution is -0.127. The first-order chi connectivity index (χ1) is 13.8. The van der Waals surface area contributed by atoms with Gasteiger partial charge in [-0.15, -0.1) is 0 Å². The number of hydrogen-bond donors (Lipinski definition) is 1. The Kier molecular flexibility index (Phi) is 6.46. The van der Waals surface area contributed by atoms with Crippen LogP contribution in [0.1, 0.15) is 35.7 Å². The number of hydrogen-bond acceptors (Lipinski definition) is 5. The molecule has 0 bridgehead atoms. The Morgan fingerprint density at radius 3 is 2.72 bits per heavy atom. The van der Waals surface area contributed by atoms with Crippen LogP contribution in [0.4, 0.5) is 5.69 Å². The third kappa shape index (κ3) is 4.72. The summed E-state index contributed by atoms with van der Waals surface area (Å²) in [5.41, 5.74) is 2.63. The predicted octanol–water partition coefficient (Wildman–Crippen LogP) is 4.10. The zero-order valence-corrected chi connectivity index (χ0v) is 18.0. The van der Waals surface area contributed by atoms with Crippen LogP contribution < -0.4 is 5.56 Å². The zero-order chi connectivity index (χ0) is 21.1. The van der Waals surface area contributed by atoms with E-state index >= 15 is 0 Å². The van der Waals surface area contributed by atoms with E-state index < -0.39 is 0 Å². The summed E-state index contributed by atoms with van der Waals surface area (Å²) < 4.78 is 0. The minimum atomic E-state index is -0.389. The molecule has 1 unspecified atom stereocenters. The highest BCUT2D eigenvalue weighted by Crippen LogP contribution is 2.29. The van der Waals surface area contributed by atoms with E-state index in [1.165, 1.54) is 0 Å². The molecule has 0 aliphatic carbocycles. The first-order valence-corrected chi connectivity index (χ1v) is 10.5. The molecule has 1 atom stereocenters. The van der Waals surface area contributed by atoms with Crippen LogP contribution in [0.3, 0.4) is 0 Å². The largest absolute Gasteiger partial charge is 0.325 e. The van der Waals surface area contributed by atoms with E-state index in [0.29, 0.717) is 34.4 Å². The lowest BCUT2D eigenvalue weighted by atomic mass is 9.99. The van der Waals surface area contributed by atoms with E-state index in [4.69, 9.17) is 11.6 Å². The summed E-state index contributed by atoms with van der Waals surface area (Å²) in [5, 5.41) is 10.8. The van der Waals surface area contributed by atoms with E-state index in [9.17, 15) is 14.9 Å². The van der Waals surface area contributed by atoms with Crippen LogP contribution in [0.15, 0.2) is 34.1 Å². The number of amides is 1. The average molecular weight is 429 g/mol. The van der Waals surface area contributed by atoms with Crippen molar-refractivity contribution < 1.29 is 4.79 Å². The minimum Gasteiger partial charge on any atom is -0.325 e. The Hall–Kier alpha value is -2.56. The standard InChI is InChI=1S/C21H21ClN4O2S/c1-12-11-26(21(29-12)25-16-6-4-15(22)5-7-16)19(27)9-8-17-13(2)18(10-23)20(28)24-14(17)3/h4-7,12H,8-9,11H2,1-3H3,(H,24,28). The lowest BCUT2D eigenvalue weighted by Crippen LogP contribution is -2.32. The van der Waals surface area contributed by atoms with Crippen LogP contribution in [0.5, 0.6) is 0 Å². The molecule has 1 aliphatic rings. The number of rotatable bonds is 4. The SMILES string of the molecule is Cc1[nH]c(=O)c(C#N)c(C)c1CCC(=O)N1CC(C)SC1=Nc1ccc(Cl)cc1. The van der Waals surface area contributed by atoms with Gasteiger partial charge in [-0.2, -0.15) is 5.26 Å². The van der Waals surface area contributed by atoms with Crippen LogP contribution in [0, 0.1) is 25.2 Å². The van der Waals surface area contributed by atoms with Gasteiger partial charge in [-0.05, 0) is 55.7 Å². The maximum atomic E-state index is 12.9. The van der Waals surface area contributed by atoms with Gasteiger partial charge in [-0.25, -0.2) is 4.99 Å². The summed E-state index contributed by atoms with van der Waals surface area (Å²) >= 11 is 7.50. The number of H-pyrrole nitrogens is 1. The Labute approximate surface area is 178 Å². The predicted molar refractivity (Wildman–Crippen MR) is 117 cm³/mol. The first kappa shape index (κ1) is 21.2. The highest BCUT2D eigenvalue weighted by molar-refractivity contribution is 8.14. The number of nitriles is 1. The summed E-state index contributed by atoms with van der Waals surface area (Å²) in [6.07, 6.45) is 0.719. The van der Waals surface area contributed by atoms with Crippen molar-refractivity contribution in [1.29, 1.82) is 5.26 Å². The summed E-state index contributed by atoms with van der Waals surface area (Å²) in [4.78, 5) is 33.9. The molecule has 29 heavy (non-hydrogen) atoms. The molecule has 1 N–H and O–H groups in total. The summed E-state index contributed by atoms with van der Waals surface area (Å²) in [7, 11) is 0. The van der Waals surface area contributed by atoms with E-state index in [1.807, 2.05) is 18.2 Å². The molecule has 2 heterocycles. The molecular formula is C21H21ClN4O2S. The number of aliphatic imine (C=N–C) groups is 1. The molecule has 2 aromatic rings. The monoisotopic (exact) mass is 428 g/mol. The number of carbonyl (C=O) groups is 1. The second-order valence-corrected chi connectivity index (χ2v) is 8.82. The fraction of sp³-hybridized carbons (Fsp3) is 0.333.